The molecule has 2 aromatic rings. The summed E-state index contributed by atoms with van der Waals surface area (Å²) < 4.78 is 0. The Morgan fingerprint density at radius 2 is 2.00 bits per heavy atom. The highest BCUT2D eigenvalue weighted by molar-refractivity contribution is 7.13. The van der Waals surface area contributed by atoms with Gasteiger partial charge >= 0.3 is 0 Å². The number of hydrogen-bond acceptors (Lipinski definition) is 6. The Morgan fingerprint density at radius 3 is 2.64 bits per heavy atom. The first-order valence-corrected chi connectivity index (χ1v) is 9.71. The van der Waals surface area contributed by atoms with E-state index in [0.29, 0.717) is 6.04 Å². The first-order valence-electron chi connectivity index (χ1n) is 8.83. The van der Waals surface area contributed by atoms with E-state index >= 15 is 0 Å². The minimum Gasteiger partial charge on any atom is -0.351 e. The summed E-state index contributed by atoms with van der Waals surface area (Å²) in [6, 6.07) is 4.47. The van der Waals surface area contributed by atoms with Crippen molar-refractivity contribution in [1.29, 1.82) is 0 Å². The van der Waals surface area contributed by atoms with E-state index in [4.69, 9.17) is 0 Å². The van der Waals surface area contributed by atoms with Gasteiger partial charge in [0.1, 0.15) is 5.54 Å². The third-order valence-electron chi connectivity index (χ3n) is 4.99. The smallest absolute Gasteiger partial charge is 0.246 e. The van der Waals surface area contributed by atoms with E-state index < -0.39 is 5.54 Å². The fourth-order valence-electron chi connectivity index (χ4n) is 3.29. The van der Waals surface area contributed by atoms with E-state index in [-0.39, 0.29) is 5.91 Å². The second-order valence-electron chi connectivity index (χ2n) is 6.92. The number of carbonyl (C=O) groups excluding carboxylic acids is 1. The summed E-state index contributed by atoms with van der Waals surface area (Å²) >= 11 is 1.55. The molecule has 1 aliphatic carbocycles. The number of pyridine rings is 1. The van der Waals surface area contributed by atoms with Gasteiger partial charge in [-0.2, -0.15) is 0 Å². The minimum absolute atomic E-state index is 0.133. The molecule has 2 aromatic heterocycles. The third kappa shape index (κ3) is 3.99. The Balaban J connectivity index is 1.43. The van der Waals surface area contributed by atoms with Gasteiger partial charge in [0.2, 0.25) is 5.91 Å². The highest BCUT2D eigenvalue weighted by atomic mass is 32.1. The Morgan fingerprint density at radius 1 is 1.24 bits per heavy atom. The van der Waals surface area contributed by atoms with Gasteiger partial charge in [-0.05, 0) is 43.4 Å². The number of piperidine rings is 1. The van der Waals surface area contributed by atoms with Gasteiger partial charge in [0.15, 0.2) is 5.13 Å². The van der Waals surface area contributed by atoms with E-state index in [0.717, 1.165) is 50.4 Å². The number of aromatic nitrogens is 2. The summed E-state index contributed by atoms with van der Waals surface area (Å²) in [5.74, 6) is 0.133. The zero-order chi connectivity index (χ0) is 17.1. The van der Waals surface area contributed by atoms with E-state index in [2.05, 4.69) is 37.6 Å². The molecule has 2 aliphatic rings. The maximum Gasteiger partial charge on any atom is 0.246 e. The maximum absolute atomic E-state index is 12.9. The van der Waals surface area contributed by atoms with Crippen LogP contribution in [0.25, 0.3) is 0 Å². The van der Waals surface area contributed by atoms with Crippen molar-refractivity contribution in [3.63, 3.8) is 0 Å². The number of thiazole rings is 1. The summed E-state index contributed by atoms with van der Waals surface area (Å²) in [6.07, 6.45) is 9.22. The number of nitrogens with zero attached hydrogens (tertiary/aromatic N) is 3. The molecule has 0 aromatic carbocycles. The van der Waals surface area contributed by atoms with Crippen molar-refractivity contribution in [2.45, 2.75) is 43.8 Å². The van der Waals surface area contributed by atoms with Crippen molar-refractivity contribution >= 4 is 22.4 Å². The number of rotatable bonds is 6. The van der Waals surface area contributed by atoms with Crippen LogP contribution in [-0.2, 0) is 11.3 Å². The summed E-state index contributed by atoms with van der Waals surface area (Å²) in [6.45, 7) is 2.68. The van der Waals surface area contributed by atoms with Crippen molar-refractivity contribution < 1.29 is 4.79 Å². The Kier molecular flexibility index (Phi) is 4.67. The monoisotopic (exact) mass is 357 g/mol. The predicted octanol–water partition coefficient (Wildman–Crippen LogP) is 2.26. The van der Waals surface area contributed by atoms with Gasteiger partial charge < -0.3 is 10.6 Å². The van der Waals surface area contributed by atoms with Crippen LogP contribution in [0.3, 0.4) is 0 Å². The second kappa shape index (κ2) is 7.09. The molecule has 0 atom stereocenters. The second-order valence-corrected chi connectivity index (χ2v) is 7.82. The van der Waals surface area contributed by atoms with E-state index in [1.165, 1.54) is 5.56 Å². The molecule has 25 heavy (non-hydrogen) atoms. The largest absolute Gasteiger partial charge is 0.351 e. The lowest BCUT2D eigenvalue weighted by Crippen LogP contribution is -2.58. The molecule has 3 heterocycles. The van der Waals surface area contributed by atoms with Gasteiger partial charge in [0, 0.05) is 49.6 Å². The van der Waals surface area contributed by atoms with E-state index in [9.17, 15) is 4.79 Å². The molecule has 1 saturated heterocycles. The van der Waals surface area contributed by atoms with Crippen LogP contribution in [0.4, 0.5) is 5.13 Å². The van der Waals surface area contributed by atoms with Crippen molar-refractivity contribution in [1.82, 2.24) is 20.2 Å². The van der Waals surface area contributed by atoms with Crippen molar-refractivity contribution in [2.24, 2.45) is 0 Å². The SMILES string of the molecule is O=C(NC1CC1)C1(Nc2nccs2)CCN(Cc2ccncc2)CC1. The molecule has 132 valence electrons. The van der Waals surface area contributed by atoms with Gasteiger partial charge in [-0.25, -0.2) is 4.98 Å². The van der Waals surface area contributed by atoms with Crippen molar-refractivity contribution in [3.8, 4) is 0 Å². The number of amides is 1. The molecular formula is C18H23N5OS. The van der Waals surface area contributed by atoms with Crippen LogP contribution in [0.15, 0.2) is 36.1 Å². The molecule has 6 nitrogen and oxygen atoms in total. The van der Waals surface area contributed by atoms with E-state index in [1.54, 1.807) is 17.5 Å². The molecule has 0 spiro atoms. The summed E-state index contributed by atoms with van der Waals surface area (Å²) in [5, 5.41) is 9.41. The summed E-state index contributed by atoms with van der Waals surface area (Å²) in [5.41, 5.74) is 0.715. The average molecular weight is 357 g/mol. The van der Waals surface area contributed by atoms with Crippen LogP contribution in [0.2, 0.25) is 0 Å². The highest BCUT2D eigenvalue weighted by Gasteiger charge is 2.43. The molecule has 1 saturated carbocycles. The number of anilines is 1. The predicted molar refractivity (Wildman–Crippen MR) is 98.4 cm³/mol. The lowest BCUT2D eigenvalue weighted by Gasteiger charge is -2.41. The van der Waals surface area contributed by atoms with Gasteiger partial charge in [-0.1, -0.05) is 0 Å². The quantitative estimate of drug-likeness (QED) is 0.830. The van der Waals surface area contributed by atoms with Crippen LogP contribution < -0.4 is 10.6 Å². The molecule has 0 unspecified atom stereocenters. The zero-order valence-electron chi connectivity index (χ0n) is 14.1. The molecule has 0 radical (unpaired) electrons. The average Bonchev–Trinajstić information content (AvgIpc) is 3.30. The first-order chi connectivity index (χ1) is 12.2. The van der Waals surface area contributed by atoms with E-state index in [1.807, 2.05) is 17.8 Å². The van der Waals surface area contributed by atoms with Gasteiger partial charge in [0.25, 0.3) is 0 Å². The van der Waals surface area contributed by atoms with Crippen LogP contribution in [0.1, 0.15) is 31.2 Å². The van der Waals surface area contributed by atoms with Gasteiger partial charge in [0.05, 0.1) is 0 Å². The van der Waals surface area contributed by atoms with Crippen LogP contribution in [0.5, 0.6) is 0 Å². The van der Waals surface area contributed by atoms with Crippen LogP contribution in [0, 0.1) is 0 Å². The molecular weight excluding hydrogens is 334 g/mol. The standard InChI is InChI=1S/C18H23N5OS/c24-16(21-15-1-2-15)18(22-17-20-9-12-25-17)5-10-23(11-6-18)13-14-3-7-19-8-4-14/h3-4,7-9,12,15H,1-2,5-6,10-11,13H2,(H,20,22)(H,21,24). The summed E-state index contributed by atoms with van der Waals surface area (Å²) in [7, 11) is 0. The molecule has 4 rings (SSSR count). The Labute approximate surface area is 151 Å². The number of hydrogen-bond donors (Lipinski definition) is 2. The minimum atomic E-state index is -0.546. The van der Waals surface area contributed by atoms with Crippen LogP contribution >= 0.6 is 11.3 Å². The van der Waals surface area contributed by atoms with Gasteiger partial charge in [-0.3, -0.25) is 14.7 Å². The molecule has 2 N–H and O–H groups in total. The first kappa shape index (κ1) is 16.5. The topological polar surface area (TPSA) is 70.2 Å². The number of nitrogens with one attached hydrogen (secondary N) is 2. The zero-order valence-corrected chi connectivity index (χ0v) is 15.0. The Bertz CT molecular complexity index is 694. The third-order valence-corrected chi connectivity index (χ3v) is 5.68. The van der Waals surface area contributed by atoms with Crippen molar-refractivity contribution in [2.75, 3.05) is 18.4 Å². The van der Waals surface area contributed by atoms with Gasteiger partial charge in [-0.15, -0.1) is 11.3 Å². The molecule has 1 amide bonds. The summed E-state index contributed by atoms with van der Waals surface area (Å²) in [4.78, 5) is 23.7. The maximum atomic E-state index is 12.9. The highest BCUT2D eigenvalue weighted by Crippen LogP contribution is 2.30. The number of likely N-dealkylation sites (tertiary alicyclic amines) is 1. The fraction of sp³-hybridized carbons (Fsp3) is 0.500. The number of carbonyl (C=O) groups is 1. The fourth-order valence-corrected chi connectivity index (χ4v) is 3.92. The van der Waals surface area contributed by atoms with Crippen LogP contribution in [-0.4, -0.2) is 45.4 Å². The molecule has 1 aliphatic heterocycles. The lowest BCUT2D eigenvalue weighted by molar-refractivity contribution is -0.127. The molecule has 2 fully saturated rings. The Hall–Kier alpha value is -1.99. The lowest BCUT2D eigenvalue weighted by atomic mass is 9.86. The molecule has 7 heteroatoms. The van der Waals surface area contributed by atoms with Crippen molar-refractivity contribution in [3.05, 3.63) is 41.7 Å². The normalized spacial score (nSPS) is 20.2. The molecule has 0 bridgehead atoms.